The highest BCUT2D eigenvalue weighted by molar-refractivity contribution is 7.11. The van der Waals surface area contributed by atoms with Gasteiger partial charge in [0.2, 0.25) is 0 Å². The average molecular weight is 220 g/mol. The van der Waals surface area contributed by atoms with Crippen LogP contribution in [-0.4, -0.2) is 5.16 Å². The van der Waals surface area contributed by atoms with E-state index in [0.717, 1.165) is 0 Å². The number of nitrogens with zero attached hydrogens (tertiary/aromatic N) is 1. The van der Waals surface area contributed by atoms with Crippen LogP contribution in [0.2, 0.25) is 0 Å². The van der Waals surface area contributed by atoms with Crippen LogP contribution in [0.1, 0.15) is 21.9 Å². The van der Waals surface area contributed by atoms with Gasteiger partial charge < -0.3 is 10.3 Å². The van der Waals surface area contributed by atoms with Crippen molar-refractivity contribution in [3.05, 3.63) is 33.3 Å². The normalized spacial score (nSPS) is 11.3. The van der Waals surface area contributed by atoms with Crippen molar-refractivity contribution < 1.29 is 4.52 Å². The molecule has 4 heteroatoms. The number of rotatable bonds is 2. The van der Waals surface area contributed by atoms with Gasteiger partial charge in [0.1, 0.15) is 11.4 Å². The smallest absolute Gasteiger partial charge is 0.157 e. The first kappa shape index (κ1) is 9.98. The summed E-state index contributed by atoms with van der Waals surface area (Å²) in [4.78, 5) is 1.22. The first-order valence-electron chi connectivity index (χ1n) is 4.62. The van der Waals surface area contributed by atoms with E-state index in [4.69, 9.17) is 10.3 Å². The summed E-state index contributed by atoms with van der Waals surface area (Å²) in [6.07, 6.45) is 3.89. The molecule has 2 heterocycles. The van der Waals surface area contributed by atoms with Gasteiger partial charge in [-0.05, 0) is 43.0 Å². The molecule has 0 aliphatic rings. The van der Waals surface area contributed by atoms with Crippen LogP contribution in [0.25, 0.3) is 12.2 Å². The second kappa shape index (κ2) is 3.90. The number of aromatic nitrogens is 1. The zero-order valence-corrected chi connectivity index (χ0v) is 9.47. The Morgan fingerprint density at radius 1 is 1.40 bits per heavy atom. The van der Waals surface area contributed by atoms with Crippen molar-refractivity contribution in [3.8, 4) is 0 Å². The van der Waals surface area contributed by atoms with Crippen molar-refractivity contribution in [3.63, 3.8) is 0 Å². The van der Waals surface area contributed by atoms with E-state index in [9.17, 15) is 0 Å². The van der Waals surface area contributed by atoms with Crippen molar-refractivity contribution in [2.45, 2.75) is 13.8 Å². The lowest BCUT2D eigenvalue weighted by molar-refractivity contribution is 0.397. The second-order valence-electron chi connectivity index (χ2n) is 3.34. The third kappa shape index (κ3) is 1.94. The Balaban J connectivity index is 2.26. The molecule has 78 valence electrons. The summed E-state index contributed by atoms with van der Waals surface area (Å²) >= 11 is 1.70. The number of hydrogen-bond acceptors (Lipinski definition) is 4. The third-order valence-corrected chi connectivity index (χ3v) is 3.21. The largest absolute Gasteiger partial charge is 0.394 e. The van der Waals surface area contributed by atoms with Crippen LogP contribution in [0.4, 0.5) is 5.69 Å². The summed E-state index contributed by atoms with van der Waals surface area (Å²) in [7, 11) is 0. The topological polar surface area (TPSA) is 52.0 Å². The van der Waals surface area contributed by atoms with E-state index in [2.05, 4.69) is 23.5 Å². The Morgan fingerprint density at radius 2 is 2.20 bits per heavy atom. The molecule has 2 rings (SSSR count). The standard InChI is InChI=1S/C11H12N2OS/c1-7-5-6-15-10(7)4-3-9-11(12)8(2)14-13-9/h3-6H,12H2,1-2H3. The Kier molecular flexibility index (Phi) is 2.60. The van der Waals surface area contributed by atoms with Gasteiger partial charge in [-0.3, -0.25) is 0 Å². The molecular formula is C11H12N2OS. The SMILES string of the molecule is Cc1ccsc1C=Cc1noc(C)c1N. The lowest BCUT2D eigenvalue weighted by Crippen LogP contribution is -1.86. The van der Waals surface area contributed by atoms with Crippen molar-refractivity contribution in [2.24, 2.45) is 0 Å². The van der Waals surface area contributed by atoms with Crippen LogP contribution in [0.3, 0.4) is 0 Å². The fourth-order valence-corrected chi connectivity index (χ4v) is 2.05. The number of thiophene rings is 1. The predicted molar refractivity (Wildman–Crippen MR) is 63.6 cm³/mol. The summed E-state index contributed by atoms with van der Waals surface area (Å²) in [5.41, 5.74) is 8.34. The molecule has 0 saturated heterocycles. The molecule has 2 aromatic heterocycles. The first-order chi connectivity index (χ1) is 7.18. The maximum Gasteiger partial charge on any atom is 0.157 e. The molecule has 0 radical (unpaired) electrons. The van der Waals surface area contributed by atoms with Crippen LogP contribution in [-0.2, 0) is 0 Å². The van der Waals surface area contributed by atoms with Crippen LogP contribution < -0.4 is 5.73 Å². The monoisotopic (exact) mass is 220 g/mol. The van der Waals surface area contributed by atoms with Crippen LogP contribution in [0.5, 0.6) is 0 Å². The molecule has 0 atom stereocenters. The molecular weight excluding hydrogens is 208 g/mol. The highest BCUT2D eigenvalue weighted by atomic mass is 32.1. The van der Waals surface area contributed by atoms with E-state index in [1.54, 1.807) is 18.3 Å². The Bertz CT molecular complexity index is 496. The first-order valence-corrected chi connectivity index (χ1v) is 5.50. The minimum atomic E-state index is 0.612. The molecule has 0 aliphatic heterocycles. The van der Waals surface area contributed by atoms with Crippen molar-refractivity contribution in [1.82, 2.24) is 5.16 Å². The minimum absolute atomic E-state index is 0.612. The number of nitrogens with two attached hydrogens (primary N) is 1. The van der Waals surface area contributed by atoms with E-state index >= 15 is 0 Å². The number of anilines is 1. The number of aryl methyl sites for hydroxylation is 2. The van der Waals surface area contributed by atoms with Gasteiger partial charge in [-0.25, -0.2) is 0 Å². The van der Waals surface area contributed by atoms with Crippen molar-refractivity contribution in [1.29, 1.82) is 0 Å². The fourth-order valence-electron chi connectivity index (χ4n) is 1.23. The van der Waals surface area contributed by atoms with E-state index in [0.29, 0.717) is 17.1 Å². The lowest BCUT2D eigenvalue weighted by atomic mass is 10.2. The minimum Gasteiger partial charge on any atom is -0.394 e. The Hall–Kier alpha value is -1.55. The van der Waals surface area contributed by atoms with Gasteiger partial charge >= 0.3 is 0 Å². The summed E-state index contributed by atoms with van der Waals surface area (Å²) in [6.45, 7) is 3.88. The molecule has 2 aromatic rings. The average Bonchev–Trinajstić information content (AvgIpc) is 2.74. The van der Waals surface area contributed by atoms with Gasteiger partial charge in [0.15, 0.2) is 5.76 Å². The maximum absolute atomic E-state index is 5.78. The molecule has 0 aliphatic carbocycles. The predicted octanol–water partition coefficient (Wildman–Crippen LogP) is 3.11. The summed E-state index contributed by atoms with van der Waals surface area (Å²) in [6, 6.07) is 2.09. The van der Waals surface area contributed by atoms with Crippen molar-refractivity contribution in [2.75, 3.05) is 5.73 Å². The molecule has 0 fully saturated rings. The molecule has 0 saturated carbocycles. The molecule has 0 spiro atoms. The van der Waals surface area contributed by atoms with Crippen LogP contribution in [0.15, 0.2) is 16.0 Å². The number of nitrogen functional groups attached to an aromatic ring is 1. The maximum atomic E-state index is 5.78. The highest BCUT2D eigenvalue weighted by Gasteiger charge is 2.05. The summed E-state index contributed by atoms with van der Waals surface area (Å²) in [5, 5.41) is 5.92. The Labute approximate surface area is 92.2 Å². The van der Waals surface area contributed by atoms with E-state index < -0.39 is 0 Å². The van der Waals surface area contributed by atoms with E-state index in [1.165, 1.54) is 10.4 Å². The Morgan fingerprint density at radius 3 is 2.73 bits per heavy atom. The van der Waals surface area contributed by atoms with Crippen LogP contribution in [0, 0.1) is 13.8 Å². The third-order valence-electron chi connectivity index (χ3n) is 2.23. The molecule has 2 N–H and O–H groups in total. The van der Waals surface area contributed by atoms with Crippen molar-refractivity contribution >= 4 is 29.2 Å². The van der Waals surface area contributed by atoms with Gasteiger partial charge in [-0.15, -0.1) is 11.3 Å². The van der Waals surface area contributed by atoms with Gasteiger partial charge in [-0.1, -0.05) is 5.16 Å². The molecule has 0 aromatic carbocycles. The molecule has 15 heavy (non-hydrogen) atoms. The molecule has 0 amide bonds. The molecule has 0 bridgehead atoms. The van der Waals surface area contributed by atoms with Gasteiger partial charge in [0, 0.05) is 4.88 Å². The van der Waals surface area contributed by atoms with Gasteiger partial charge in [-0.2, -0.15) is 0 Å². The quantitative estimate of drug-likeness (QED) is 0.846. The zero-order valence-electron chi connectivity index (χ0n) is 8.65. The second-order valence-corrected chi connectivity index (χ2v) is 4.29. The highest BCUT2D eigenvalue weighted by Crippen LogP contribution is 2.21. The zero-order chi connectivity index (χ0) is 10.8. The summed E-state index contributed by atoms with van der Waals surface area (Å²) < 4.78 is 4.97. The van der Waals surface area contributed by atoms with E-state index in [1.807, 2.05) is 12.2 Å². The molecule has 3 nitrogen and oxygen atoms in total. The molecule has 0 unspecified atom stereocenters. The number of hydrogen-bond donors (Lipinski definition) is 1. The lowest BCUT2D eigenvalue weighted by Gasteiger charge is -1.89. The van der Waals surface area contributed by atoms with E-state index in [-0.39, 0.29) is 0 Å². The van der Waals surface area contributed by atoms with Crippen LogP contribution >= 0.6 is 11.3 Å². The fraction of sp³-hybridized carbons (Fsp3) is 0.182. The summed E-state index contributed by atoms with van der Waals surface area (Å²) in [5.74, 6) is 0.664. The van der Waals surface area contributed by atoms with Gasteiger partial charge in [0.25, 0.3) is 0 Å². The van der Waals surface area contributed by atoms with Gasteiger partial charge in [0.05, 0.1) is 0 Å².